The Balaban J connectivity index is 1.75. The highest BCUT2D eigenvalue weighted by Crippen LogP contribution is 2.19. The molecular weight excluding hydrogens is 267 g/mol. The Morgan fingerprint density at radius 2 is 2.05 bits per heavy atom. The number of carbonyl (C=O) groups excluding carboxylic acids is 1. The van der Waals surface area contributed by atoms with Gasteiger partial charge in [0.1, 0.15) is 5.82 Å². The van der Waals surface area contributed by atoms with Crippen LogP contribution in [0, 0.1) is 12.7 Å². The van der Waals surface area contributed by atoms with Crippen LogP contribution in [0.5, 0.6) is 0 Å². The maximum atomic E-state index is 13.2. The van der Waals surface area contributed by atoms with Crippen LogP contribution in [-0.4, -0.2) is 10.9 Å². The third-order valence-corrected chi connectivity index (χ3v) is 3.47. The van der Waals surface area contributed by atoms with Gasteiger partial charge in [0.2, 0.25) is 5.91 Å². The molecule has 1 aromatic heterocycles. The number of fused-ring (bicyclic) bond motifs is 1. The molecule has 0 aliphatic rings. The van der Waals surface area contributed by atoms with Crippen LogP contribution in [-0.2, 0) is 11.2 Å². The van der Waals surface area contributed by atoms with Crippen LogP contribution in [0.15, 0.2) is 48.7 Å². The molecule has 2 aromatic carbocycles. The lowest BCUT2D eigenvalue weighted by atomic mass is 10.1. The molecule has 1 amide bonds. The van der Waals surface area contributed by atoms with Crippen LogP contribution in [0.4, 0.5) is 10.1 Å². The SMILES string of the molecule is Cc1cc(NC(=O)Cc2c[nH]c3ccccc23)ccc1F. The molecular formula is C17H15FN2O. The Labute approximate surface area is 121 Å². The first kappa shape index (κ1) is 13.4. The van der Waals surface area contributed by atoms with Crippen LogP contribution in [0.1, 0.15) is 11.1 Å². The third kappa shape index (κ3) is 2.79. The summed E-state index contributed by atoms with van der Waals surface area (Å²) in [5.41, 5.74) is 3.08. The summed E-state index contributed by atoms with van der Waals surface area (Å²) in [5, 5.41) is 3.84. The quantitative estimate of drug-likeness (QED) is 0.754. The summed E-state index contributed by atoms with van der Waals surface area (Å²) >= 11 is 0. The van der Waals surface area contributed by atoms with E-state index in [-0.39, 0.29) is 18.1 Å². The minimum Gasteiger partial charge on any atom is -0.361 e. The fourth-order valence-corrected chi connectivity index (χ4v) is 2.38. The van der Waals surface area contributed by atoms with E-state index in [0.717, 1.165) is 16.5 Å². The molecule has 21 heavy (non-hydrogen) atoms. The van der Waals surface area contributed by atoms with Crippen molar-refractivity contribution >= 4 is 22.5 Å². The van der Waals surface area contributed by atoms with Crippen molar-refractivity contribution in [1.29, 1.82) is 0 Å². The summed E-state index contributed by atoms with van der Waals surface area (Å²) in [5.74, 6) is -0.393. The first-order chi connectivity index (χ1) is 10.1. The van der Waals surface area contributed by atoms with Crippen LogP contribution < -0.4 is 5.32 Å². The molecule has 0 fully saturated rings. The number of hydrogen-bond acceptors (Lipinski definition) is 1. The third-order valence-electron chi connectivity index (χ3n) is 3.47. The van der Waals surface area contributed by atoms with Gasteiger partial charge in [0.25, 0.3) is 0 Å². The van der Waals surface area contributed by atoms with E-state index >= 15 is 0 Å². The van der Waals surface area contributed by atoms with Crippen molar-refractivity contribution in [3.05, 3.63) is 65.6 Å². The van der Waals surface area contributed by atoms with Gasteiger partial charge in [0.05, 0.1) is 6.42 Å². The molecule has 0 aliphatic carbocycles. The van der Waals surface area contributed by atoms with Crippen LogP contribution >= 0.6 is 0 Å². The second-order valence-electron chi connectivity index (χ2n) is 5.05. The summed E-state index contributed by atoms with van der Waals surface area (Å²) in [6.45, 7) is 1.67. The maximum absolute atomic E-state index is 13.2. The van der Waals surface area contributed by atoms with Crippen LogP contribution in [0.2, 0.25) is 0 Å². The van der Waals surface area contributed by atoms with Crippen molar-refractivity contribution in [3.8, 4) is 0 Å². The number of anilines is 1. The zero-order chi connectivity index (χ0) is 14.8. The number of carbonyl (C=O) groups is 1. The predicted molar refractivity (Wildman–Crippen MR) is 81.8 cm³/mol. The molecule has 4 heteroatoms. The highest BCUT2D eigenvalue weighted by atomic mass is 19.1. The molecule has 1 heterocycles. The number of hydrogen-bond donors (Lipinski definition) is 2. The largest absolute Gasteiger partial charge is 0.361 e. The first-order valence-electron chi connectivity index (χ1n) is 6.74. The lowest BCUT2D eigenvalue weighted by Crippen LogP contribution is -2.14. The molecule has 106 valence electrons. The van der Waals surface area contributed by atoms with E-state index in [0.29, 0.717) is 11.3 Å². The Kier molecular flexibility index (Phi) is 3.44. The summed E-state index contributed by atoms with van der Waals surface area (Å²) in [6.07, 6.45) is 2.13. The van der Waals surface area contributed by atoms with Crippen molar-refractivity contribution in [2.45, 2.75) is 13.3 Å². The smallest absolute Gasteiger partial charge is 0.228 e. The Bertz CT molecular complexity index is 807. The highest BCUT2D eigenvalue weighted by molar-refractivity contribution is 5.95. The van der Waals surface area contributed by atoms with E-state index in [9.17, 15) is 9.18 Å². The second kappa shape index (κ2) is 5.40. The van der Waals surface area contributed by atoms with Gasteiger partial charge in [0, 0.05) is 22.8 Å². The van der Waals surface area contributed by atoms with E-state index in [1.807, 2.05) is 30.5 Å². The van der Waals surface area contributed by atoms with Crippen LogP contribution in [0.25, 0.3) is 10.9 Å². The van der Waals surface area contributed by atoms with Gasteiger partial charge in [-0.2, -0.15) is 0 Å². The number of aromatic nitrogens is 1. The Hall–Kier alpha value is -2.62. The molecule has 0 saturated carbocycles. The van der Waals surface area contributed by atoms with E-state index < -0.39 is 0 Å². The van der Waals surface area contributed by atoms with Crippen molar-refractivity contribution < 1.29 is 9.18 Å². The number of aromatic amines is 1. The molecule has 0 bridgehead atoms. The summed E-state index contributed by atoms with van der Waals surface area (Å²) in [6, 6.07) is 12.4. The second-order valence-corrected chi connectivity index (χ2v) is 5.05. The summed E-state index contributed by atoms with van der Waals surface area (Å²) in [7, 11) is 0. The fourth-order valence-electron chi connectivity index (χ4n) is 2.38. The lowest BCUT2D eigenvalue weighted by Gasteiger charge is -2.06. The van der Waals surface area contributed by atoms with Gasteiger partial charge in [-0.1, -0.05) is 18.2 Å². The van der Waals surface area contributed by atoms with E-state index in [4.69, 9.17) is 0 Å². The lowest BCUT2D eigenvalue weighted by molar-refractivity contribution is -0.115. The zero-order valence-electron chi connectivity index (χ0n) is 11.6. The number of amides is 1. The Morgan fingerprint density at radius 1 is 1.24 bits per heavy atom. The van der Waals surface area contributed by atoms with E-state index in [1.165, 1.54) is 6.07 Å². The molecule has 3 nitrogen and oxygen atoms in total. The van der Waals surface area contributed by atoms with Gasteiger partial charge in [-0.15, -0.1) is 0 Å². The summed E-state index contributed by atoms with van der Waals surface area (Å²) < 4.78 is 13.2. The van der Waals surface area contributed by atoms with E-state index in [2.05, 4.69) is 10.3 Å². The van der Waals surface area contributed by atoms with Crippen molar-refractivity contribution in [2.24, 2.45) is 0 Å². The van der Waals surface area contributed by atoms with E-state index in [1.54, 1.807) is 19.1 Å². The average Bonchev–Trinajstić information content (AvgIpc) is 2.86. The monoisotopic (exact) mass is 282 g/mol. The van der Waals surface area contributed by atoms with Gasteiger partial charge in [-0.05, 0) is 42.3 Å². The molecule has 2 N–H and O–H groups in total. The Morgan fingerprint density at radius 3 is 2.86 bits per heavy atom. The molecule has 0 atom stereocenters. The van der Waals surface area contributed by atoms with Crippen molar-refractivity contribution in [1.82, 2.24) is 4.98 Å². The zero-order valence-corrected chi connectivity index (χ0v) is 11.6. The molecule has 3 rings (SSSR count). The van der Waals surface area contributed by atoms with Gasteiger partial charge < -0.3 is 10.3 Å². The highest BCUT2D eigenvalue weighted by Gasteiger charge is 2.09. The molecule has 0 radical (unpaired) electrons. The summed E-state index contributed by atoms with van der Waals surface area (Å²) in [4.78, 5) is 15.2. The number of nitrogens with one attached hydrogen (secondary N) is 2. The van der Waals surface area contributed by atoms with Crippen molar-refractivity contribution in [2.75, 3.05) is 5.32 Å². The maximum Gasteiger partial charge on any atom is 0.228 e. The number of rotatable bonds is 3. The number of benzene rings is 2. The molecule has 0 spiro atoms. The molecule has 0 unspecified atom stereocenters. The molecule has 0 saturated heterocycles. The minimum absolute atomic E-state index is 0.120. The number of para-hydroxylation sites is 1. The molecule has 0 aliphatic heterocycles. The van der Waals surface area contributed by atoms with Gasteiger partial charge in [0.15, 0.2) is 0 Å². The van der Waals surface area contributed by atoms with Gasteiger partial charge in [-0.3, -0.25) is 4.79 Å². The van der Waals surface area contributed by atoms with Crippen molar-refractivity contribution in [3.63, 3.8) is 0 Å². The van der Waals surface area contributed by atoms with Crippen LogP contribution in [0.3, 0.4) is 0 Å². The number of aryl methyl sites for hydroxylation is 1. The normalized spacial score (nSPS) is 10.8. The average molecular weight is 282 g/mol. The van der Waals surface area contributed by atoms with Gasteiger partial charge >= 0.3 is 0 Å². The minimum atomic E-state index is -0.273. The number of halogens is 1. The van der Waals surface area contributed by atoms with Gasteiger partial charge in [-0.25, -0.2) is 4.39 Å². The predicted octanol–water partition coefficient (Wildman–Crippen LogP) is 3.80. The fraction of sp³-hybridized carbons (Fsp3) is 0.118. The standard InChI is InChI=1S/C17H15FN2O/c1-11-8-13(6-7-15(11)18)20-17(21)9-12-10-19-16-5-3-2-4-14(12)16/h2-8,10,19H,9H2,1H3,(H,20,21). The number of H-pyrrole nitrogens is 1. The topological polar surface area (TPSA) is 44.9 Å². The first-order valence-corrected chi connectivity index (χ1v) is 6.74. The molecule has 3 aromatic rings.